The van der Waals surface area contributed by atoms with Crippen LogP contribution in [0, 0.1) is 35.0 Å². The zero-order valence-corrected chi connectivity index (χ0v) is 22.3. The summed E-state index contributed by atoms with van der Waals surface area (Å²) in [5, 5.41) is 10.1. The van der Waals surface area contributed by atoms with Crippen LogP contribution in [0.4, 0.5) is 22.0 Å². The molecule has 1 unspecified atom stereocenters. The Labute approximate surface area is 229 Å². The lowest BCUT2D eigenvalue weighted by molar-refractivity contribution is -0.140. The van der Waals surface area contributed by atoms with Crippen LogP contribution in [0.1, 0.15) is 75.5 Å². The standard InChI is InChI=1S/C31H31F5O4/c1-3-5-25(37)23-13-12-20(27(33)29(23)35)17-6-8-18(9-7-17)31(38)40-19-10-11-21(24(32)16-19)22-14-15-26(39-4-2)30(36)28(22)34/h10-18,25,37H,3-9H2,1-2H3. The molecule has 0 heterocycles. The molecule has 0 saturated heterocycles. The van der Waals surface area contributed by atoms with Crippen molar-refractivity contribution in [1.29, 1.82) is 0 Å². The zero-order valence-electron chi connectivity index (χ0n) is 22.3. The lowest BCUT2D eigenvalue weighted by atomic mass is 9.78. The average Bonchev–Trinajstić information content (AvgIpc) is 2.94. The van der Waals surface area contributed by atoms with Gasteiger partial charge in [-0.25, -0.2) is 17.6 Å². The number of halogens is 5. The maximum Gasteiger partial charge on any atom is 0.314 e. The third-order valence-electron chi connectivity index (χ3n) is 7.36. The van der Waals surface area contributed by atoms with Crippen LogP contribution in [0.3, 0.4) is 0 Å². The Bertz CT molecular complexity index is 1370. The monoisotopic (exact) mass is 562 g/mol. The summed E-state index contributed by atoms with van der Waals surface area (Å²) in [5.74, 6) is -7.17. The highest BCUT2D eigenvalue weighted by Crippen LogP contribution is 2.39. The summed E-state index contributed by atoms with van der Waals surface area (Å²) in [6, 6.07) is 8.76. The predicted octanol–water partition coefficient (Wildman–Crippen LogP) is 8.16. The van der Waals surface area contributed by atoms with E-state index in [1.165, 1.54) is 36.4 Å². The Kier molecular flexibility index (Phi) is 9.45. The number of hydrogen-bond donors (Lipinski definition) is 1. The highest BCUT2D eigenvalue weighted by molar-refractivity contribution is 5.76. The Balaban J connectivity index is 1.39. The van der Waals surface area contributed by atoms with Crippen LogP contribution >= 0.6 is 0 Å². The van der Waals surface area contributed by atoms with Crippen molar-refractivity contribution in [1.82, 2.24) is 0 Å². The lowest BCUT2D eigenvalue weighted by Crippen LogP contribution is -2.25. The van der Waals surface area contributed by atoms with Crippen molar-refractivity contribution in [2.45, 2.75) is 64.4 Å². The summed E-state index contributed by atoms with van der Waals surface area (Å²) in [7, 11) is 0. The summed E-state index contributed by atoms with van der Waals surface area (Å²) in [6.45, 7) is 3.60. The topological polar surface area (TPSA) is 55.8 Å². The highest BCUT2D eigenvalue weighted by atomic mass is 19.2. The number of carbonyl (C=O) groups is 1. The summed E-state index contributed by atoms with van der Waals surface area (Å²) in [5.41, 5.74) is -0.352. The summed E-state index contributed by atoms with van der Waals surface area (Å²) in [6.07, 6.45) is 1.45. The van der Waals surface area contributed by atoms with Gasteiger partial charge in [-0.3, -0.25) is 4.79 Å². The minimum Gasteiger partial charge on any atom is -0.491 e. The fraction of sp³-hybridized carbons (Fsp3) is 0.387. The van der Waals surface area contributed by atoms with Crippen LogP contribution in [0.15, 0.2) is 42.5 Å². The Morgan fingerprint density at radius 2 is 1.57 bits per heavy atom. The van der Waals surface area contributed by atoms with Gasteiger partial charge in [0.1, 0.15) is 11.6 Å². The van der Waals surface area contributed by atoms with Crippen molar-refractivity contribution in [2.75, 3.05) is 6.61 Å². The number of esters is 1. The van der Waals surface area contributed by atoms with Crippen molar-refractivity contribution in [2.24, 2.45) is 5.92 Å². The van der Waals surface area contributed by atoms with Gasteiger partial charge < -0.3 is 14.6 Å². The van der Waals surface area contributed by atoms with Crippen LogP contribution < -0.4 is 9.47 Å². The van der Waals surface area contributed by atoms with Crippen molar-refractivity contribution in [3.8, 4) is 22.6 Å². The fourth-order valence-electron chi connectivity index (χ4n) is 5.21. The molecule has 0 radical (unpaired) electrons. The van der Waals surface area contributed by atoms with Gasteiger partial charge in [-0.05, 0) is 74.8 Å². The second-order valence-electron chi connectivity index (χ2n) is 9.96. The quantitative estimate of drug-likeness (QED) is 0.162. The normalized spacial score (nSPS) is 17.9. The molecule has 4 nitrogen and oxygen atoms in total. The number of ether oxygens (including phenoxy) is 2. The molecule has 0 aromatic heterocycles. The smallest absolute Gasteiger partial charge is 0.314 e. The molecule has 1 saturated carbocycles. The van der Waals surface area contributed by atoms with Gasteiger partial charge in [0.25, 0.3) is 0 Å². The van der Waals surface area contributed by atoms with E-state index in [9.17, 15) is 31.9 Å². The maximum absolute atomic E-state index is 14.8. The molecule has 40 heavy (non-hydrogen) atoms. The summed E-state index contributed by atoms with van der Waals surface area (Å²) in [4.78, 5) is 12.7. The number of carbonyl (C=O) groups excluding carboxylic acids is 1. The number of aliphatic hydroxyl groups is 1. The molecule has 1 aliphatic rings. The first kappa shape index (κ1) is 29.5. The molecule has 4 rings (SSSR count). The van der Waals surface area contributed by atoms with E-state index in [2.05, 4.69) is 0 Å². The fourth-order valence-corrected chi connectivity index (χ4v) is 5.21. The van der Waals surface area contributed by atoms with Crippen LogP contribution in [-0.2, 0) is 4.79 Å². The van der Waals surface area contributed by atoms with E-state index in [1.54, 1.807) is 6.92 Å². The number of hydrogen-bond acceptors (Lipinski definition) is 4. The number of aliphatic hydroxyl groups excluding tert-OH is 1. The van der Waals surface area contributed by atoms with Gasteiger partial charge in [-0.1, -0.05) is 25.5 Å². The first-order valence-electron chi connectivity index (χ1n) is 13.4. The van der Waals surface area contributed by atoms with Gasteiger partial charge in [0.2, 0.25) is 5.82 Å². The van der Waals surface area contributed by atoms with Crippen LogP contribution in [-0.4, -0.2) is 17.7 Å². The van der Waals surface area contributed by atoms with Crippen molar-refractivity contribution < 1.29 is 41.3 Å². The molecule has 0 aliphatic heterocycles. The van der Waals surface area contributed by atoms with Crippen LogP contribution in [0.5, 0.6) is 11.5 Å². The lowest BCUT2D eigenvalue weighted by Gasteiger charge is -2.28. The Morgan fingerprint density at radius 1 is 0.875 bits per heavy atom. The van der Waals surface area contributed by atoms with Gasteiger partial charge in [-0.2, -0.15) is 4.39 Å². The third kappa shape index (κ3) is 6.14. The molecule has 0 amide bonds. The van der Waals surface area contributed by atoms with Crippen molar-refractivity contribution >= 4 is 5.97 Å². The van der Waals surface area contributed by atoms with Crippen LogP contribution in [0.25, 0.3) is 11.1 Å². The van der Waals surface area contributed by atoms with Crippen molar-refractivity contribution in [3.63, 3.8) is 0 Å². The molecule has 0 spiro atoms. The molecule has 1 atom stereocenters. The van der Waals surface area contributed by atoms with E-state index in [0.29, 0.717) is 38.5 Å². The summed E-state index contributed by atoms with van der Waals surface area (Å²) < 4.78 is 83.4. The average molecular weight is 563 g/mol. The molecule has 214 valence electrons. The first-order chi connectivity index (χ1) is 19.2. The third-order valence-corrected chi connectivity index (χ3v) is 7.36. The maximum atomic E-state index is 14.8. The highest BCUT2D eigenvalue weighted by Gasteiger charge is 2.31. The van der Waals surface area contributed by atoms with Gasteiger partial charge in [0.15, 0.2) is 23.2 Å². The predicted molar refractivity (Wildman–Crippen MR) is 139 cm³/mol. The minimum atomic E-state index is -1.26. The van der Waals surface area contributed by atoms with Crippen molar-refractivity contribution in [3.05, 3.63) is 82.7 Å². The second-order valence-corrected chi connectivity index (χ2v) is 9.96. The molecule has 9 heteroatoms. The molecule has 0 bridgehead atoms. The van der Waals surface area contributed by atoms with E-state index >= 15 is 0 Å². The molecule has 1 aliphatic carbocycles. The zero-order chi connectivity index (χ0) is 29.0. The minimum absolute atomic E-state index is 0.0611. The molecule has 3 aromatic carbocycles. The van der Waals surface area contributed by atoms with E-state index in [1.807, 2.05) is 6.92 Å². The first-order valence-corrected chi connectivity index (χ1v) is 13.4. The second kappa shape index (κ2) is 12.8. The Morgan fingerprint density at radius 3 is 2.23 bits per heavy atom. The molecule has 1 N–H and O–H groups in total. The van der Waals surface area contributed by atoms with Gasteiger partial charge >= 0.3 is 5.97 Å². The molecule has 3 aromatic rings. The molecular weight excluding hydrogens is 531 g/mol. The summed E-state index contributed by atoms with van der Waals surface area (Å²) >= 11 is 0. The van der Waals surface area contributed by atoms with Gasteiger partial charge in [0, 0.05) is 22.8 Å². The van der Waals surface area contributed by atoms with Gasteiger partial charge in [0.05, 0.1) is 18.6 Å². The Hall–Kier alpha value is -3.46. The number of rotatable bonds is 9. The van der Waals surface area contributed by atoms with Gasteiger partial charge in [-0.15, -0.1) is 0 Å². The number of benzene rings is 3. The SMILES string of the molecule is CCCC(O)c1ccc(C2CCC(C(=O)Oc3ccc(-c4ccc(OCC)c(F)c4F)c(F)c3)CC2)c(F)c1F. The van der Waals surface area contributed by atoms with E-state index in [-0.39, 0.29) is 46.3 Å². The van der Waals surface area contributed by atoms with E-state index < -0.39 is 47.1 Å². The van der Waals surface area contributed by atoms with E-state index in [4.69, 9.17) is 9.47 Å². The largest absolute Gasteiger partial charge is 0.491 e. The molecular formula is C31H31F5O4. The molecule has 1 fully saturated rings. The van der Waals surface area contributed by atoms with E-state index in [0.717, 1.165) is 6.07 Å². The van der Waals surface area contributed by atoms with Crippen LogP contribution in [0.2, 0.25) is 0 Å².